The van der Waals surface area contributed by atoms with Crippen LogP contribution in [0, 0.1) is 0 Å². The van der Waals surface area contributed by atoms with E-state index < -0.39 is 38.6 Å². The van der Waals surface area contributed by atoms with Crippen LogP contribution in [0.5, 0.6) is 0 Å². The summed E-state index contributed by atoms with van der Waals surface area (Å²) in [4.78, 5) is 40.0. The minimum atomic E-state index is -1.78. The summed E-state index contributed by atoms with van der Waals surface area (Å²) in [6.07, 6.45) is 3.32. The van der Waals surface area contributed by atoms with Crippen molar-refractivity contribution in [1.29, 1.82) is 0 Å². The summed E-state index contributed by atoms with van der Waals surface area (Å²) >= 11 is 18.6. The molecule has 2 aliphatic rings. The molecule has 1 N–H and O–H groups in total. The van der Waals surface area contributed by atoms with Gasteiger partial charge in [-0.25, -0.2) is 4.79 Å². The van der Waals surface area contributed by atoms with Gasteiger partial charge in [-0.15, -0.1) is 16.9 Å². The van der Waals surface area contributed by atoms with Crippen LogP contribution < -0.4 is 5.32 Å². The number of nitrogens with one attached hydrogen (secondary N) is 1. The van der Waals surface area contributed by atoms with Crippen LogP contribution >= 0.6 is 46.6 Å². The van der Waals surface area contributed by atoms with Gasteiger partial charge in [0.05, 0.1) is 23.9 Å². The van der Waals surface area contributed by atoms with Crippen LogP contribution in [0.1, 0.15) is 12.5 Å². The molecule has 2 saturated heterocycles. The molecule has 33 heavy (non-hydrogen) atoms. The minimum absolute atomic E-state index is 0.146. The Morgan fingerprint density at radius 3 is 2.64 bits per heavy atom. The Morgan fingerprint density at radius 1 is 1.27 bits per heavy atom. The van der Waals surface area contributed by atoms with E-state index in [1.165, 1.54) is 22.9 Å². The Morgan fingerprint density at radius 2 is 2.00 bits per heavy atom. The maximum Gasteiger partial charge on any atom is 0.330 e. The Kier molecular flexibility index (Phi) is 6.82. The molecule has 0 aliphatic carbocycles. The number of alkyl halides is 3. The van der Waals surface area contributed by atoms with E-state index in [4.69, 9.17) is 39.5 Å². The number of hydrogen-bond donors (Lipinski definition) is 1. The first-order chi connectivity index (χ1) is 15.6. The van der Waals surface area contributed by atoms with E-state index in [1.54, 1.807) is 10.9 Å². The summed E-state index contributed by atoms with van der Waals surface area (Å²) in [5.41, 5.74) is 0.835. The van der Waals surface area contributed by atoms with E-state index in [0.717, 1.165) is 5.56 Å². The van der Waals surface area contributed by atoms with Gasteiger partial charge in [0.25, 0.3) is 0 Å². The molecule has 0 unspecified atom stereocenters. The van der Waals surface area contributed by atoms with Gasteiger partial charge in [0, 0.05) is 6.20 Å². The number of esters is 1. The normalized spacial score (nSPS) is 26.5. The summed E-state index contributed by atoms with van der Waals surface area (Å²) in [6.45, 7) is 1.65. The van der Waals surface area contributed by atoms with E-state index in [-0.39, 0.29) is 24.8 Å². The Balaban J connectivity index is 1.50. The standard InChI is InChI=1S/C20H20Cl3N5O4S/c1-19(10-27-8-7-24-26-27)15(18(31)32-11-20(21,22)23)28-16(30)14(17(28)33-19)25-13(29)9-12-5-3-2-4-6-12/h2-8,14-15,17H,9-11H2,1H3,(H,25,29)/t14-,15+,17+,19+/m1/s1. The molecular formula is C20H20Cl3N5O4S. The monoisotopic (exact) mass is 531 g/mol. The lowest BCUT2D eigenvalue weighted by Gasteiger charge is -2.44. The second kappa shape index (κ2) is 9.32. The lowest BCUT2D eigenvalue weighted by atomic mass is 9.94. The van der Waals surface area contributed by atoms with Crippen LogP contribution in [-0.2, 0) is 32.1 Å². The maximum atomic E-state index is 13.0. The van der Waals surface area contributed by atoms with Gasteiger partial charge in [-0.3, -0.25) is 14.3 Å². The lowest BCUT2D eigenvalue weighted by Crippen LogP contribution is -2.71. The van der Waals surface area contributed by atoms with Crippen molar-refractivity contribution in [1.82, 2.24) is 25.2 Å². The van der Waals surface area contributed by atoms with Gasteiger partial charge in [-0.05, 0) is 12.5 Å². The molecule has 1 aromatic heterocycles. The number of rotatable bonds is 7. The summed E-state index contributed by atoms with van der Waals surface area (Å²) in [5, 5.41) is 10.1. The second-order valence-electron chi connectivity index (χ2n) is 8.00. The number of nitrogens with zero attached hydrogens (tertiary/aromatic N) is 4. The van der Waals surface area contributed by atoms with Gasteiger partial charge >= 0.3 is 5.97 Å². The molecule has 4 atom stereocenters. The van der Waals surface area contributed by atoms with Crippen LogP contribution in [0.3, 0.4) is 0 Å². The van der Waals surface area contributed by atoms with Gasteiger partial charge in [0.15, 0.2) is 0 Å². The van der Waals surface area contributed by atoms with Crippen molar-refractivity contribution >= 4 is 64.3 Å². The number of thioether (sulfide) groups is 1. The number of β-lactam (4-membered cyclic amide) rings is 1. The third kappa shape index (κ3) is 5.24. The van der Waals surface area contributed by atoms with E-state index in [1.807, 2.05) is 37.3 Å². The van der Waals surface area contributed by atoms with Gasteiger partial charge in [-0.2, -0.15) is 0 Å². The molecule has 3 heterocycles. The first-order valence-corrected chi connectivity index (χ1v) is 12.0. The highest BCUT2D eigenvalue weighted by Gasteiger charge is 2.66. The van der Waals surface area contributed by atoms with Crippen molar-refractivity contribution in [3.63, 3.8) is 0 Å². The molecule has 4 rings (SSSR count). The number of benzene rings is 1. The minimum Gasteiger partial charge on any atom is -0.460 e. The maximum absolute atomic E-state index is 13.0. The average Bonchev–Trinajstić information content (AvgIpc) is 3.35. The summed E-state index contributed by atoms with van der Waals surface area (Å²) in [7, 11) is 0. The van der Waals surface area contributed by atoms with Crippen molar-refractivity contribution in [3.8, 4) is 0 Å². The van der Waals surface area contributed by atoms with Crippen molar-refractivity contribution in [2.45, 2.75) is 45.9 Å². The lowest BCUT2D eigenvalue weighted by molar-refractivity contribution is -0.164. The zero-order valence-electron chi connectivity index (χ0n) is 17.4. The summed E-state index contributed by atoms with van der Waals surface area (Å²) in [5.74, 6) is -1.34. The predicted molar refractivity (Wildman–Crippen MR) is 124 cm³/mol. The molecule has 9 nitrogen and oxygen atoms in total. The third-order valence-electron chi connectivity index (χ3n) is 5.40. The van der Waals surface area contributed by atoms with Gasteiger partial charge in [0.2, 0.25) is 15.6 Å². The Hall–Kier alpha value is -2.01. The number of carbonyl (C=O) groups excluding carboxylic acids is 3. The van der Waals surface area contributed by atoms with Crippen LogP contribution in [-0.4, -0.2) is 70.3 Å². The van der Waals surface area contributed by atoms with Crippen LogP contribution in [0.15, 0.2) is 42.7 Å². The van der Waals surface area contributed by atoms with Gasteiger partial charge in [-0.1, -0.05) is 70.3 Å². The van der Waals surface area contributed by atoms with Crippen LogP contribution in [0.2, 0.25) is 0 Å². The van der Waals surface area contributed by atoms with Crippen molar-refractivity contribution in [2.24, 2.45) is 0 Å². The number of aromatic nitrogens is 3. The molecule has 0 bridgehead atoms. The van der Waals surface area contributed by atoms with Gasteiger partial charge in [0.1, 0.15) is 24.1 Å². The van der Waals surface area contributed by atoms with Crippen molar-refractivity contribution in [2.75, 3.05) is 6.61 Å². The van der Waals surface area contributed by atoms with Crippen LogP contribution in [0.4, 0.5) is 0 Å². The fraction of sp³-hybridized carbons (Fsp3) is 0.450. The Labute approximate surface area is 209 Å². The van der Waals surface area contributed by atoms with E-state index in [9.17, 15) is 14.4 Å². The third-order valence-corrected chi connectivity index (χ3v) is 7.36. The van der Waals surface area contributed by atoms with Crippen LogP contribution in [0.25, 0.3) is 0 Å². The molecule has 0 saturated carbocycles. The number of carbonyl (C=O) groups is 3. The average molecular weight is 533 g/mol. The zero-order valence-corrected chi connectivity index (χ0v) is 20.4. The largest absolute Gasteiger partial charge is 0.460 e. The first kappa shape index (κ1) is 24.1. The van der Waals surface area contributed by atoms with Crippen molar-refractivity contribution < 1.29 is 19.1 Å². The Bertz CT molecular complexity index is 1040. The molecule has 2 aromatic rings. The highest BCUT2D eigenvalue weighted by Crippen LogP contribution is 2.52. The highest BCUT2D eigenvalue weighted by atomic mass is 35.6. The van der Waals surface area contributed by atoms with Gasteiger partial charge < -0.3 is 15.0 Å². The summed E-state index contributed by atoms with van der Waals surface area (Å²) < 4.78 is 4.19. The second-order valence-corrected chi connectivity index (χ2v) is 12.2. The predicted octanol–water partition coefficient (Wildman–Crippen LogP) is 1.96. The number of hydrogen-bond acceptors (Lipinski definition) is 7. The molecule has 0 spiro atoms. The molecule has 13 heteroatoms. The molecule has 1 aromatic carbocycles. The molecule has 176 valence electrons. The SMILES string of the molecule is C[C@@]1(Cn2ccnn2)S[C@H]2[C@H](NC(=O)Cc3ccccc3)C(=O)N2[C@H]1C(=O)OCC(Cl)(Cl)Cl. The topological polar surface area (TPSA) is 106 Å². The molecular weight excluding hydrogens is 513 g/mol. The zero-order chi connectivity index (χ0) is 23.8. The fourth-order valence-electron chi connectivity index (χ4n) is 4.02. The molecule has 2 aliphatic heterocycles. The van der Waals surface area contributed by atoms with E-state index in [0.29, 0.717) is 0 Å². The van der Waals surface area contributed by atoms with E-state index in [2.05, 4.69) is 15.6 Å². The molecule has 2 amide bonds. The quantitative estimate of drug-likeness (QED) is 0.330. The fourth-order valence-corrected chi connectivity index (χ4v) is 5.94. The molecule has 2 fully saturated rings. The first-order valence-electron chi connectivity index (χ1n) is 9.98. The number of fused-ring (bicyclic) bond motifs is 1. The van der Waals surface area contributed by atoms with Crippen molar-refractivity contribution in [3.05, 3.63) is 48.3 Å². The van der Waals surface area contributed by atoms with E-state index >= 15 is 0 Å². The smallest absolute Gasteiger partial charge is 0.330 e. The highest BCUT2D eigenvalue weighted by molar-refractivity contribution is 8.01. The number of halogens is 3. The number of amides is 2. The molecule has 0 radical (unpaired) electrons. The summed E-state index contributed by atoms with van der Waals surface area (Å²) in [6, 6.07) is 7.51. The number of ether oxygens (including phenoxy) is 1.